The molecule has 5 aromatic rings. The molecule has 0 heterocycles. The maximum atomic E-state index is 15.0. The number of nitrogens with one attached hydrogen (secondary N) is 2. The Balaban J connectivity index is 1.12. The maximum absolute atomic E-state index is 15.0. The Morgan fingerprint density at radius 2 is 1.34 bits per heavy atom. The van der Waals surface area contributed by atoms with Crippen molar-refractivity contribution < 1.29 is 14.3 Å². The Morgan fingerprint density at radius 3 is 2.02 bits per heavy atom. The van der Waals surface area contributed by atoms with Gasteiger partial charge in [0.05, 0.1) is 17.7 Å². The smallest absolute Gasteiger partial charge is 0.254 e. The molecule has 5 aromatic carbocycles. The minimum Gasteiger partial charge on any atom is -0.390 e. The number of carbonyl (C=O) groups excluding carboxylic acids is 1. The van der Waals surface area contributed by atoms with Crippen molar-refractivity contribution in [2.45, 2.75) is 31.7 Å². The molecule has 0 saturated carbocycles. The van der Waals surface area contributed by atoms with Crippen LogP contribution in [-0.2, 0) is 19.5 Å². The van der Waals surface area contributed by atoms with Gasteiger partial charge in [-0.15, -0.1) is 0 Å². The standard InChI is InChI=1S/C36H31FN2O2/c37-33-20-29(27-11-5-2-6-12-27)16-17-31(33)36(41)39-35-32-19-25(14-15-30(32)21-34(35)40)23-38-22-24-8-7-13-28(18-24)26-9-3-1-4-10-26/h1-20,34-35,38,40H,21-23H2,(H,39,41)/t34-,35-/m1/s1. The molecule has 4 nitrogen and oxygen atoms in total. The third kappa shape index (κ3) is 5.97. The number of halogens is 1. The molecule has 0 spiro atoms. The summed E-state index contributed by atoms with van der Waals surface area (Å²) in [6, 6.07) is 38.4. The molecular weight excluding hydrogens is 511 g/mol. The molecule has 2 atom stereocenters. The quantitative estimate of drug-likeness (QED) is 0.201. The summed E-state index contributed by atoms with van der Waals surface area (Å²) in [5.74, 6) is -1.13. The topological polar surface area (TPSA) is 61.4 Å². The van der Waals surface area contributed by atoms with Gasteiger partial charge in [-0.05, 0) is 62.7 Å². The van der Waals surface area contributed by atoms with Gasteiger partial charge in [0.2, 0.25) is 0 Å². The Kier molecular flexibility index (Phi) is 7.72. The van der Waals surface area contributed by atoms with E-state index in [1.54, 1.807) is 6.07 Å². The number of hydrogen-bond acceptors (Lipinski definition) is 3. The molecule has 41 heavy (non-hydrogen) atoms. The van der Waals surface area contributed by atoms with Crippen LogP contribution in [0.3, 0.4) is 0 Å². The zero-order chi connectivity index (χ0) is 28.2. The number of rotatable bonds is 8. The average molecular weight is 543 g/mol. The Hall–Kier alpha value is -4.58. The SMILES string of the molecule is O=C(N[C@@H]1c2cc(CNCc3cccc(-c4ccccc4)c3)ccc2C[C@H]1O)c1ccc(-c2ccccc2)cc1F. The fourth-order valence-electron chi connectivity index (χ4n) is 5.53. The number of aliphatic hydroxyl groups is 1. The molecule has 0 aliphatic heterocycles. The molecule has 1 aliphatic rings. The molecule has 5 heteroatoms. The van der Waals surface area contributed by atoms with Gasteiger partial charge >= 0.3 is 0 Å². The van der Waals surface area contributed by atoms with Gasteiger partial charge in [-0.3, -0.25) is 4.79 Å². The predicted molar refractivity (Wildman–Crippen MR) is 161 cm³/mol. The second-order valence-electron chi connectivity index (χ2n) is 10.5. The molecule has 6 rings (SSSR count). The van der Waals surface area contributed by atoms with Gasteiger partial charge in [0.1, 0.15) is 5.82 Å². The molecule has 1 amide bonds. The van der Waals surface area contributed by atoms with E-state index in [0.29, 0.717) is 25.1 Å². The molecule has 0 radical (unpaired) electrons. The molecule has 0 fully saturated rings. The van der Waals surface area contributed by atoms with Crippen molar-refractivity contribution in [1.29, 1.82) is 0 Å². The van der Waals surface area contributed by atoms with Crippen molar-refractivity contribution in [2.75, 3.05) is 0 Å². The van der Waals surface area contributed by atoms with Crippen molar-refractivity contribution in [1.82, 2.24) is 10.6 Å². The zero-order valence-corrected chi connectivity index (χ0v) is 22.6. The summed E-state index contributed by atoms with van der Waals surface area (Å²) in [5.41, 5.74) is 8.01. The van der Waals surface area contributed by atoms with E-state index >= 15 is 0 Å². The Bertz CT molecular complexity index is 1670. The molecular formula is C36H31FN2O2. The molecule has 0 bridgehead atoms. The highest BCUT2D eigenvalue weighted by molar-refractivity contribution is 5.95. The molecule has 204 valence electrons. The number of aliphatic hydroxyl groups excluding tert-OH is 1. The lowest BCUT2D eigenvalue weighted by molar-refractivity contribution is 0.0854. The van der Waals surface area contributed by atoms with Crippen molar-refractivity contribution in [3.05, 3.63) is 155 Å². The molecule has 0 aromatic heterocycles. The Morgan fingerprint density at radius 1 is 0.707 bits per heavy atom. The van der Waals surface area contributed by atoms with Gasteiger partial charge in [0.25, 0.3) is 5.91 Å². The first-order chi connectivity index (χ1) is 20.0. The van der Waals surface area contributed by atoms with Crippen LogP contribution in [0.4, 0.5) is 4.39 Å². The van der Waals surface area contributed by atoms with Crippen LogP contribution in [-0.4, -0.2) is 17.1 Å². The number of amides is 1. The first-order valence-corrected chi connectivity index (χ1v) is 13.9. The van der Waals surface area contributed by atoms with E-state index in [2.05, 4.69) is 47.0 Å². The molecule has 0 unspecified atom stereocenters. The Labute approximate surface area is 239 Å². The van der Waals surface area contributed by atoms with Crippen molar-refractivity contribution in [3.8, 4) is 22.3 Å². The summed E-state index contributed by atoms with van der Waals surface area (Å²) in [4.78, 5) is 13.1. The first kappa shape index (κ1) is 26.6. The monoisotopic (exact) mass is 542 g/mol. The van der Waals surface area contributed by atoms with Crippen LogP contribution < -0.4 is 10.6 Å². The third-order valence-electron chi connectivity index (χ3n) is 7.66. The highest BCUT2D eigenvalue weighted by Gasteiger charge is 2.33. The predicted octanol–water partition coefficient (Wildman–Crippen LogP) is 6.84. The second kappa shape index (κ2) is 11.9. The highest BCUT2D eigenvalue weighted by Crippen LogP contribution is 2.33. The van der Waals surface area contributed by atoms with E-state index in [1.807, 2.05) is 66.7 Å². The van der Waals surface area contributed by atoms with Gasteiger partial charge in [-0.25, -0.2) is 4.39 Å². The van der Waals surface area contributed by atoms with E-state index in [-0.39, 0.29) is 5.56 Å². The third-order valence-corrected chi connectivity index (χ3v) is 7.66. The van der Waals surface area contributed by atoms with E-state index < -0.39 is 23.9 Å². The van der Waals surface area contributed by atoms with Crippen LogP contribution in [0.2, 0.25) is 0 Å². The van der Waals surface area contributed by atoms with Gasteiger partial charge in [0.15, 0.2) is 0 Å². The number of fused-ring (bicyclic) bond motifs is 1. The maximum Gasteiger partial charge on any atom is 0.254 e. The summed E-state index contributed by atoms with van der Waals surface area (Å²) < 4.78 is 15.0. The number of benzene rings is 5. The summed E-state index contributed by atoms with van der Waals surface area (Å²) in [6.07, 6.45) is -0.333. The van der Waals surface area contributed by atoms with Crippen LogP contribution >= 0.6 is 0 Å². The largest absolute Gasteiger partial charge is 0.390 e. The van der Waals surface area contributed by atoms with E-state index in [0.717, 1.165) is 22.3 Å². The van der Waals surface area contributed by atoms with Crippen LogP contribution in [0, 0.1) is 5.82 Å². The van der Waals surface area contributed by atoms with E-state index in [9.17, 15) is 14.3 Å². The average Bonchev–Trinajstić information content (AvgIpc) is 3.32. The lowest BCUT2D eigenvalue weighted by atomic mass is 10.0. The fourth-order valence-corrected chi connectivity index (χ4v) is 5.53. The molecule has 0 saturated heterocycles. The lowest BCUT2D eigenvalue weighted by Gasteiger charge is -2.19. The van der Waals surface area contributed by atoms with Gasteiger partial charge in [0, 0.05) is 19.5 Å². The fraction of sp³-hybridized carbons (Fsp3) is 0.139. The summed E-state index contributed by atoms with van der Waals surface area (Å²) in [5, 5.41) is 17.2. The first-order valence-electron chi connectivity index (χ1n) is 13.9. The van der Waals surface area contributed by atoms with Crippen molar-refractivity contribution in [2.24, 2.45) is 0 Å². The van der Waals surface area contributed by atoms with Gasteiger partial charge < -0.3 is 15.7 Å². The highest BCUT2D eigenvalue weighted by atomic mass is 19.1. The summed E-state index contributed by atoms with van der Waals surface area (Å²) in [6.45, 7) is 1.34. The minimum absolute atomic E-state index is 0.0408. The normalized spacial score (nSPS) is 15.9. The zero-order valence-electron chi connectivity index (χ0n) is 22.6. The number of carbonyl (C=O) groups is 1. The summed E-state index contributed by atoms with van der Waals surface area (Å²) >= 11 is 0. The van der Waals surface area contributed by atoms with Crippen LogP contribution in [0.1, 0.15) is 38.7 Å². The van der Waals surface area contributed by atoms with E-state index in [1.165, 1.54) is 28.8 Å². The van der Waals surface area contributed by atoms with Gasteiger partial charge in [-0.2, -0.15) is 0 Å². The molecule has 3 N–H and O–H groups in total. The van der Waals surface area contributed by atoms with Crippen molar-refractivity contribution in [3.63, 3.8) is 0 Å². The molecule has 1 aliphatic carbocycles. The van der Waals surface area contributed by atoms with E-state index in [4.69, 9.17) is 0 Å². The minimum atomic E-state index is -0.774. The lowest BCUT2D eigenvalue weighted by Crippen LogP contribution is -2.34. The van der Waals surface area contributed by atoms with Crippen LogP contribution in [0.15, 0.2) is 121 Å². The van der Waals surface area contributed by atoms with Crippen LogP contribution in [0.5, 0.6) is 0 Å². The number of hydrogen-bond donors (Lipinski definition) is 3. The second-order valence-corrected chi connectivity index (χ2v) is 10.5. The summed E-state index contributed by atoms with van der Waals surface area (Å²) in [7, 11) is 0. The van der Waals surface area contributed by atoms with Crippen LogP contribution in [0.25, 0.3) is 22.3 Å². The van der Waals surface area contributed by atoms with Crippen molar-refractivity contribution >= 4 is 5.91 Å². The van der Waals surface area contributed by atoms with Gasteiger partial charge in [-0.1, -0.05) is 103 Å².